The van der Waals surface area contributed by atoms with Crippen LogP contribution < -0.4 is 0 Å². The third-order valence-corrected chi connectivity index (χ3v) is 18.6. The van der Waals surface area contributed by atoms with E-state index in [1.807, 2.05) is 0 Å². The van der Waals surface area contributed by atoms with Gasteiger partial charge in [0, 0.05) is 0 Å². The molecule has 0 fully saturated rings. The first-order valence-electron chi connectivity index (χ1n) is 8.83. The molecular formula is C16H35N3OSn. The molecule has 124 valence electrons. The third-order valence-electron chi connectivity index (χ3n) is 4.20. The summed E-state index contributed by atoms with van der Waals surface area (Å²) in [7, 11) is 0. The van der Waals surface area contributed by atoms with Gasteiger partial charge in [-0.1, -0.05) is 0 Å². The van der Waals surface area contributed by atoms with Crippen molar-refractivity contribution >= 4 is 18.4 Å². The van der Waals surface area contributed by atoms with E-state index in [2.05, 4.69) is 30.8 Å². The normalized spacial score (nSPS) is 11.4. The number of rotatable bonds is 15. The summed E-state index contributed by atoms with van der Waals surface area (Å²) < 4.78 is 11.6. The molecule has 0 spiro atoms. The second kappa shape index (κ2) is 15.0. The van der Waals surface area contributed by atoms with Gasteiger partial charge in [-0.2, -0.15) is 0 Å². The van der Waals surface area contributed by atoms with Crippen LogP contribution in [0.2, 0.25) is 13.3 Å². The molecule has 0 radical (unpaired) electrons. The standard InChI is InChI=1S/C4H8N3O.3C4H9.Sn/c1-8-4-2-3-6-7-5;3*1-3-4-2;/h1-4H2;3*1,3-4H2,2H3;. The maximum atomic E-state index is 8.27. The Hall–Kier alpha value is 0.0687. The van der Waals surface area contributed by atoms with Crippen molar-refractivity contribution in [3.63, 3.8) is 0 Å². The van der Waals surface area contributed by atoms with E-state index in [0.29, 0.717) is 6.54 Å². The number of hydrogen-bond donors (Lipinski definition) is 0. The molecule has 0 saturated carbocycles. The summed E-state index contributed by atoms with van der Waals surface area (Å²) in [6.07, 6.45) is 8.99. The predicted molar refractivity (Wildman–Crippen MR) is 94.3 cm³/mol. The number of unbranched alkanes of at least 4 members (excludes halogenated alkanes) is 3. The van der Waals surface area contributed by atoms with Gasteiger partial charge in [0.1, 0.15) is 0 Å². The van der Waals surface area contributed by atoms with E-state index in [-0.39, 0.29) is 0 Å². The molecule has 0 bridgehead atoms. The molecular weight excluding hydrogens is 369 g/mol. The Labute approximate surface area is 135 Å². The van der Waals surface area contributed by atoms with Crippen molar-refractivity contribution in [2.75, 3.05) is 17.8 Å². The van der Waals surface area contributed by atoms with Crippen molar-refractivity contribution < 1.29 is 4.74 Å². The van der Waals surface area contributed by atoms with Crippen molar-refractivity contribution in [2.24, 2.45) is 5.11 Å². The fraction of sp³-hybridized carbons (Fsp3) is 1.00. The predicted octanol–water partition coefficient (Wildman–Crippen LogP) is 6.09. The van der Waals surface area contributed by atoms with E-state index in [9.17, 15) is 0 Å². The van der Waals surface area contributed by atoms with Gasteiger partial charge in [0.2, 0.25) is 0 Å². The summed E-state index contributed by atoms with van der Waals surface area (Å²) in [4.78, 5) is 2.79. The fourth-order valence-corrected chi connectivity index (χ4v) is 17.3. The Bertz CT molecular complexity index is 259. The van der Waals surface area contributed by atoms with Crippen LogP contribution in [-0.4, -0.2) is 36.2 Å². The molecule has 4 nitrogen and oxygen atoms in total. The van der Waals surface area contributed by atoms with E-state index >= 15 is 0 Å². The molecule has 21 heavy (non-hydrogen) atoms. The van der Waals surface area contributed by atoms with Crippen LogP contribution in [0.5, 0.6) is 0 Å². The SMILES string of the molecule is CCC[CH2][Sn]([CH2]CCC)([CH2]CCC)[CH2]OCCCN=[N+]=[N-]. The monoisotopic (exact) mass is 405 g/mol. The second-order valence-corrected chi connectivity index (χ2v) is 19.8. The third kappa shape index (κ3) is 11.3. The van der Waals surface area contributed by atoms with Crippen molar-refractivity contribution in [1.29, 1.82) is 0 Å². The number of hydrogen-bond acceptors (Lipinski definition) is 2. The van der Waals surface area contributed by atoms with E-state index in [4.69, 9.17) is 10.3 Å². The van der Waals surface area contributed by atoms with Gasteiger partial charge in [-0.25, -0.2) is 0 Å². The summed E-state index contributed by atoms with van der Waals surface area (Å²) in [6, 6.07) is 0. The van der Waals surface area contributed by atoms with Gasteiger partial charge in [-0.05, 0) is 0 Å². The van der Waals surface area contributed by atoms with Crippen LogP contribution in [0.15, 0.2) is 5.11 Å². The van der Waals surface area contributed by atoms with Gasteiger partial charge in [-0.3, -0.25) is 0 Å². The molecule has 0 unspecified atom stereocenters. The zero-order valence-corrected chi connectivity index (χ0v) is 17.3. The Morgan fingerprint density at radius 1 is 0.905 bits per heavy atom. The minimum atomic E-state index is -2.09. The van der Waals surface area contributed by atoms with Gasteiger partial charge in [-0.15, -0.1) is 0 Å². The van der Waals surface area contributed by atoms with Gasteiger partial charge >= 0.3 is 135 Å². The molecule has 0 aliphatic carbocycles. The van der Waals surface area contributed by atoms with Crippen molar-refractivity contribution in [1.82, 2.24) is 0 Å². The van der Waals surface area contributed by atoms with E-state index in [1.54, 1.807) is 0 Å². The number of nitrogens with zero attached hydrogens (tertiary/aromatic N) is 3. The molecule has 0 aliphatic rings. The first-order valence-corrected chi connectivity index (χ1v) is 16.9. The molecule has 0 saturated heterocycles. The van der Waals surface area contributed by atoms with E-state index in [0.717, 1.165) is 17.7 Å². The van der Waals surface area contributed by atoms with Crippen LogP contribution in [0.25, 0.3) is 10.4 Å². The fourth-order valence-electron chi connectivity index (χ4n) is 2.82. The Kier molecular flexibility index (Phi) is 15.0. The summed E-state index contributed by atoms with van der Waals surface area (Å²) in [5, 5.41) is 3.57. The van der Waals surface area contributed by atoms with Gasteiger partial charge in [0.15, 0.2) is 0 Å². The van der Waals surface area contributed by atoms with Gasteiger partial charge in [0.25, 0.3) is 0 Å². The molecule has 0 amide bonds. The average molecular weight is 404 g/mol. The van der Waals surface area contributed by atoms with Crippen LogP contribution >= 0.6 is 0 Å². The summed E-state index contributed by atoms with van der Waals surface area (Å²) in [6.45, 7) is 8.24. The molecule has 0 aromatic carbocycles. The second-order valence-electron chi connectivity index (χ2n) is 6.17. The molecule has 5 heteroatoms. The minimum absolute atomic E-state index is 0.567. The van der Waals surface area contributed by atoms with Crippen LogP contribution in [0.4, 0.5) is 0 Å². The Morgan fingerprint density at radius 3 is 1.86 bits per heavy atom. The van der Waals surface area contributed by atoms with Gasteiger partial charge < -0.3 is 0 Å². The summed E-state index contributed by atoms with van der Waals surface area (Å²) in [5.74, 6) is 0. The quantitative estimate of drug-likeness (QED) is 0.107. The summed E-state index contributed by atoms with van der Waals surface area (Å²) in [5.41, 5.74) is 8.27. The van der Waals surface area contributed by atoms with Gasteiger partial charge in [0.05, 0.1) is 0 Å². The number of azide groups is 1. The Balaban J connectivity index is 4.37. The van der Waals surface area contributed by atoms with Crippen LogP contribution in [0.1, 0.15) is 65.7 Å². The van der Waals surface area contributed by atoms with E-state index < -0.39 is 18.4 Å². The van der Waals surface area contributed by atoms with Crippen molar-refractivity contribution in [3.05, 3.63) is 10.4 Å². The first-order chi connectivity index (χ1) is 10.2. The van der Waals surface area contributed by atoms with E-state index in [1.165, 1.54) is 51.8 Å². The topological polar surface area (TPSA) is 58.0 Å². The molecule has 0 N–H and O–H groups in total. The zero-order valence-electron chi connectivity index (χ0n) is 14.4. The molecule has 0 aromatic rings. The first kappa shape index (κ1) is 21.1. The zero-order chi connectivity index (χ0) is 15.8. The molecule has 0 atom stereocenters. The summed E-state index contributed by atoms with van der Waals surface area (Å²) >= 11 is -2.09. The molecule has 0 aliphatic heterocycles. The van der Waals surface area contributed by atoms with Crippen molar-refractivity contribution in [2.45, 2.75) is 79.0 Å². The molecule has 0 aromatic heterocycles. The van der Waals surface area contributed by atoms with Crippen LogP contribution in [0, 0.1) is 0 Å². The Morgan fingerprint density at radius 2 is 1.43 bits per heavy atom. The van der Waals surface area contributed by atoms with Crippen LogP contribution in [-0.2, 0) is 4.74 Å². The van der Waals surface area contributed by atoms with Crippen LogP contribution in [0.3, 0.4) is 0 Å². The number of ether oxygens (including phenoxy) is 1. The average Bonchev–Trinajstić information content (AvgIpc) is 2.51. The van der Waals surface area contributed by atoms with Crippen molar-refractivity contribution in [3.8, 4) is 0 Å². The molecule has 0 heterocycles. The maximum absolute atomic E-state index is 8.27. The molecule has 0 rings (SSSR count).